The number of hydrogen-bond donors (Lipinski definition) is 4. The van der Waals surface area contributed by atoms with E-state index in [0.717, 1.165) is 0 Å². The quantitative estimate of drug-likeness (QED) is 0.408. The van der Waals surface area contributed by atoms with Gasteiger partial charge in [-0.15, -0.1) is 11.6 Å². The van der Waals surface area contributed by atoms with Gasteiger partial charge in [0.2, 0.25) is 0 Å². The molecule has 0 saturated carbocycles. The monoisotopic (exact) mass is 314 g/mol. The van der Waals surface area contributed by atoms with Crippen molar-refractivity contribution in [1.29, 1.82) is 0 Å². The van der Waals surface area contributed by atoms with E-state index < -0.39 is 33.1 Å². The van der Waals surface area contributed by atoms with Crippen LogP contribution < -0.4 is 0 Å². The highest BCUT2D eigenvalue weighted by molar-refractivity contribution is 7.70. The van der Waals surface area contributed by atoms with Crippen molar-refractivity contribution in [2.45, 2.75) is 24.6 Å². The molecule has 11 heteroatoms. The second-order valence-corrected chi connectivity index (χ2v) is 7.82. The maximum Gasteiger partial charge on any atom is 0.374 e. The van der Waals surface area contributed by atoms with Gasteiger partial charge in [-0.25, -0.2) is 4.39 Å². The van der Waals surface area contributed by atoms with E-state index in [1.807, 2.05) is 0 Å². The number of halogens is 2. The van der Waals surface area contributed by atoms with Gasteiger partial charge in [0, 0.05) is 6.42 Å². The molecule has 0 spiro atoms. The predicted octanol–water partition coefficient (Wildman–Crippen LogP) is 0.999. The van der Waals surface area contributed by atoms with E-state index in [1.165, 1.54) is 6.92 Å². The normalized spacial score (nSPS) is 21.6. The molecule has 17 heavy (non-hydrogen) atoms. The van der Waals surface area contributed by atoms with Gasteiger partial charge in [-0.2, -0.15) is 0 Å². The predicted molar refractivity (Wildman–Crippen MR) is 58.7 cm³/mol. The van der Waals surface area contributed by atoms with Crippen molar-refractivity contribution < 1.29 is 37.8 Å². The van der Waals surface area contributed by atoms with Crippen LogP contribution >= 0.6 is 26.8 Å². The molecule has 0 saturated heterocycles. The molecule has 0 bridgehead atoms. The molecule has 104 valence electrons. The van der Waals surface area contributed by atoms with E-state index >= 15 is 0 Å². The largest absolute Gasteiger partial charge is 0.389 e. The summed E-state index contributed by atoms with van der Waals surface area (Å²) in [5.41, 5.74) is -4.67. The van der Waals surface area contributed by atoms with E-state index in [-0.39, 0.29) is 12.3 Å². The summed E-state index contributed by atoms with van der Waals surface area (Å²) in [7, 11) is -10.4. The minimum atomic E-state index is -5.36. The molecule has 0 heterocycles. The Kier molecular flexibility index (Phi) is 6.25. The molecule has 0 aromatic rings. The summed E-state index contributed by atoms with van der Waals surface area (Å²) < 4.78 is 38.6. The average molecular weight is 315 g/mol. The van der Waals surface area contributed by atoms with Crippen molar-refractivity contribution >= 4 is 26.8 Å². The van der Waals surface area contributed by atoms with Crippen molar-refractivity contribution in [3.63, 3.8) is 0 Å². The van der Waals surface area contributed by atoms with Crippen LogP contribution in [0.1, 0.15) is 13.3 Å². The third-order valence-electron chi connectivity index (χ3n) is 1.75. The van der Waals surface area contributed by atoms with E-state index in [9.17, 15) is 18.6 Å². The third-order valence-corrected chi connectivity index (χ3v) is 5.75. The third kappa shape index (κ3) is 6.27. The zero-order valence-corrected chi connectivity index (χ0v) is 11.4. The molecule has 0 rings (SSSR count). The fourth-order valence-corrected chi connectivity index (χ4v) is 3.04. The summed E-state index contributed by atoms with van der Waals surface area (Å²) in [5, 5.41) is 9.39. The van der Waals surface area contributed by atoms with Gasteiger partial charge in [0.05, 0.1) is 18.1 Å². The maximum atomic E-state index is 12.9. The first-order chi connectivity index (χ1) is 7.42. The lowest BCUT2D eigenvalue weighted by Crippen LogP contribution is -2.28. The lowest BCUT2D eigenvalue weighted by Gasteiger charge is -2.22. The molecule has 0 fully saturated rings. The summed E-state index contributed by atoms with van der Waals surface area (Å²) in [6.45, 7) is 0.759. The topological polar surface area (TPSA) is 124 Å². The van der Waals surface area contributed by atoms with Gasteiger partial charge in [0.15, 0.2) is 0 Å². The van der Waals surface area contributed by atoms with E-state index in [0.29, 0.717) is 0 Å². The Morgan fingerprint density at radius 1 is 1.41 bits per heavy atom. The Balaban J connectivity index is 4.39. The highest BCUT2D eigenvalue weighted by Crippen LogP contribution is 2.63. The van der Waals surface area contributed by atoms with Gasteiger partial charge in [-0.3, -0.25) is 9.13 Å². The molecule has 0 radical (unpaired) electrons. The Morgan fingerprint density at radius 3 is 2.24 bits per heavy atom. The molecule has 0 aromatic heterocycles. The van der Waals surface area contributed by atoms with Gasteiger partial charge in [0.25, 0.3) is 5.65 Å². The van der Waals surface area contributed by atoms with Gasteiger partial charge >= 0.3 is 15.2 Å². The fourth-order valence-electron chi connectivity index (χ4n) is 0.715. The molecule has 7 nitrogen and oxygen atoms in total. The number of hydrogen-bond acceptors (Lipinski definition) is 4. The summed E-state index contributed by atoms with van der Waals surface area (Å²) >= 11 is 5.34. The zero-order valence-electron chi connectivity index (χ0n) is 8.86. The first-order valence-electron chi connectivity index (χ1n) is 4.37. The molecular formula is C6H14ClFO7P2. The Bertz CT molecular complexity index is 343. The van der Waals surface area contributed by atoms with Crippen molar-refractivity contribution in [2.75, 3.05) is 12.5 Å². The second-order valence-electron chi connectivity index (χ2n) is 3.68. The van der Waals surface area contributed by atoms with Crippen LogP contribution in [-0.4, -0.2) is 43.5 Å². The minimum absolute atomic E-state index is 0.177. The minimum Gasteiger partial charge on any atom is -0.389 e. The highest BCUT2D eigenvalue weighted by atomic mass is 35.5. The van der Waals surface area contributed by atoms with Crippen LogP contribution in [0.15, 0.2) is 0 Å². The van der Waals surface area contributed by atoms with Crippen LogP contribution in [0.2, 0.25) is 0 Å². The molecule has 0 aliphatic rings. The van der Waals surface area contributed by atoms with Gasteiger partial charge < -0.3 is 24.3 Å². The van der Waals surface area contributed by atoms with Crippen LogP contribution in [0.3, 0.4) is 0 Å². The molecule has 0 aliphatic carbocycles. The Hall–Kier alpha value is 0.480. The van der Waals surface area contributed by atoms with Crippen molar-refractivity contribution in [3.05, 3.63) is 0 Å². The maximum absolute atomic E-state index is 12.9. The summed E-state index contributed by atoms with van der Waals surface area (Å²) in [6, 6.07) is 0. The SMILES string of the molecule is CC(O)(CCl)CCOP(=O)(O)C(F)P(=O)(O)O. The van der Waals surface area contributed by atoms with E-state index in [2.05, 4.69) is 4.52 Å². The van der Waals surface area contributed by atoms with Crippen LogP contribution in [0.5, 0.6) is 0 Å². The summed E-state index contributed by atoms with van der Waals surface area (Å²) in [5.74, 6) is -0.177. The Labute approximate surface area is 102 Å². The first kappa shape index (κ1) is 17.5. The van der Waals surface area contributed by atoms with Gasteiger partial charge in [-0.05, 0) is 6.92 Å². The second kappa shape index (κ2) is 6.08. The molecule has 0 amide bonds. The molecule has 4 N–H and O–H groups in total. The molecule has 3 atom stereocenters. The van der Waals surface area contributed by atoms with Crippen LogP contribution in [0, 0.1) is 0 Å². The van der Waals surface area contributed by atoms with E-state index in [4.69, 9.17) is 26.3 Å². The Morgan fingerprint density at radius 2 is 1.88 bits per heavy atom. The van der Waals surface area contributed by atoms with Gasteiger partial charge in [0.1, 0.15) is 0 Å². The van der Waals surface area contributed by atoms with Crippen LogP contribution in [0.25, 0.3) is 0 Å². The first-order valence-corrected chi connectivity index (χ1v) is 8.23. The van der Waals surface area contributed by atoms with Crippen molar-refractivity contribution in [3.8, 4) is 0 Å². The standard InChI is InChI=1S/C6H14ClFO7P2/c1-6(9,4-7)2-3-15-17(13,14)5(8)16(10,11)12/h5,9H,2-4H2,1H3,(H,13,14)(H2,10,11,12). The number of aliphatic hydroxyl groups is 1. The smallest absolute Gasteiger partial charge is 0.374 e. The van der Waals surface area contributed by atoms with Crippen LogP contribution in [0.4, 0.5) is 4.39 Å². The van der Waals surface area contributed by atoms with Gasteiger partial charge in [-0.1, -0.05) is 0 Å². The van der Waals surface area contributed by atoms with Crippen molar-refractivity contribution in [2.24, 2.45) is 0 Å². The molecule has 0 aromatic carbocycles. The molecule has 0 aliphatic heterocycles. The summed E-state index contributed by atoms with van der Waals surface area (Å²) in [6.07, 6.45) is -0.186. The highest BCUT2D eigenvalue weighted by Gasteiger charge is 2.46. The summed E-state index contributed by atoms with van der Waals surface area (Å²) in [4.78, 5) is 25.7. The zero-order chi connectivity index (χ0) is 13.9. The number of alkyl halides is 2. The number of rotatable bonds is 7. The van der Waals surface area contributed by atoms with Crippen LogP contribution in [-0.2, 0) is 13.7 Å². The van der Waals surface area contributed by atoms with E-state index in [1.54, 1.807) is 0 Å². The average Bonchev–Trinajstić information content (AvgIpc) is 2.14. The lowest BCUT2D eigenvalue weighted by molar-refractivity contribution is 0.0562. The van der Waals surface area contributed by atoms with Crippen molar-refractivity contribution in [1.82, 2.24) is 0 Å². The fraction of sp³-hybridized carbons (Fsp3) is 1.00. The molecular weight excluding hydrogens is 300 g/mol. The molecule has 3 unspecified atom stereocenters. The lowest BCUT2D eigenvalue weighted by atomic mass is 10.1.